The summed E-state index contributed by atoms with van der Waals surface area (Å²) < 4.78 is 0. The number of halogens is 1. The molecule has 1 rings (SSSR count). The number of benzene rings is 1. The molecule has 2 heteroatoms. The zero-order valence-corrected chi connectivity index (χ0v) is 9.43. The van der Waals surface area contributed by atoms with Crippen LogP contribution < -0.4 is 5.32 Å². The number of hydrogen-bond donors (Lipinski definition) is 1. The van der Waals surface area contributed by atoms with Crippen molar-refractivity contribution < 1.29 is 0 Å². The Balaban J connectivity index is 2.39. The number of aryl methyl sites for hydroxylation is 1. The molecule has 0 amide bonds. The molecule has 0 spiro atoms. The summed E-state index contributed by atoms with van der Waals surface area (Å²) in [6.45, 7) is 5.85. The first-order valence-corrected chi connectivity index (χ1v) is 5.18. The molecule has 76 valence electrons. The first-order valence-electron chi connectivity index (χ1n) is 4.74. The smallest absolute Gasteiger partial charge is 0.0208 e. The van der Waals surface area contributed by atoms with Crippen LogP contribution in [0.1, 0.15) is 18.1 Å². The Morgan fingerprint density at radius 2 is 2.29 bits per heavy atom. The maximum Gasteiger partial charge on any atom is 0.0208 e. The monoisotopic (exact) mass is 209 g/mol. The van der Waals surface area contributed by atoms with Gasteiger partial charge >= 0.3 is 0 Å². The van der Waals surface area contributed by atoms with Crippen LogP contribution in [0, 0.1) is 6.92 Å². The highest BCUT2D eigenvalue weighted by Gasteiger charge is 1.93. The van der Waals surface area contributed by atoms with Gasteiger partial charge in [-0.05, 0) is 25.0 Å². The van der Waals surface area contributed by atoms with Crippen LogP contribution >= 0.6 is 11.6 Å². The standard InChI is InChI=1S/C12H16ClN/c1-10-4-3-5-12(6-10)9-14-8-11(2)7-13/h3-7,14H,8-9H2,1-2H3/b11-7-. The summed E-state index contributed by atoms with van der Waals surface area (Å²) >= 11 is 5.56. The van der Waals surface area contributed by atoms with Crippen LogP contribution in [-0.4, -0.2) is 6.54 Å². The van der Waals surface area contributed by atoms with Crippen molar-refractivity contribution >= 4 is 11.6 Å². The van der Waals surface area contributed by atoms with Gasteiger partial charge in [-0.1, -0.05) is 41.4 Å². The van der Waals surface area contributed by atoms with Gasteiger partial charge in [-0.15, -0.1) is 0 Å². The van der Waals surface area contributed by atoms with Gasteiger partial charge in [-0.3, -0.25) is 0 Å². The van der Waals surface area contributed by atoms with Crippen LogP contribution in [0.3, 0.4) is 0 Å². The summed E-state index contributed by atoms with van der Waals surface area (Å²) in [6.07, 6.45) is 0. The highest BCUT2D eigenvalue weighted by molar-refractivity contribution is 6.25. The summed E-state index contributed by atoms with van der Waals surface area (Å²) in [5.41, 5.74) is 5.38. The Bertz CT molecular complexity index is 318. The minimum absolute atomic E-state index is 0.845. The van der Waals surface area contributed by atoms with Crippen molar-refractivity contribution in [2.75, 3.05) is 6.54 Å². The van der Waals surface area contributed by atoms with Gasteiger partial charge in [0.05, 0.1) is 0 Å². The Morgan fingerprint density at radius 3 is 2.93 bits per heavy atom. The summed E-state index contributed by atoms with van der Waals surface area (Å²) in [5.74, 6) is 0. The first-order chi connectivity index (χ1) is 6.72. The molecule has 0 heterocycles. The third-order valence-electron chi connectivity index (χ3n) is 2.00. The van der Waals surface area contributed by atoms with E-state index in [0.717, 1.165) is 18.7 Å². The molecule has 0 aliphatic carbocycles. The molecule has 1 N–H and O–H groups in total. The number of nitrogens with one attached hydrogen (secondary N) is 1. The number of hydrogen-bond acceptors (Lipinski definition) is 1. The van der Waals surface area contributed by atoms with Gasteiger partial charge in [-0.25, -0.2) is 0 Å². The predicted molar refractivity (Wildman–Crippen MR) is 62.5 cm³/mol. The summed E-state index contributed by atoms with van der Waals surface area (Å²) in [5, 5.41) is 3.33. The molecule has 0 unspecified atom stereocenters. The first kappa shape index (κ1) is 11.3. The van der Waals surface area contributed by atoms with Crippen LogP contribution in [0.15, 0.2) is 35.4 Å². The average molecular weight is 210 g/mol. The van der Waals surface area contributed by atoms with Crippen molar-refractivity contribution in [3.05, 3.63) is 46.5 Å². The van der Waals surface area contributed by atoms with Crippen molar-refractivity contribution in [3.8, 4) is 0 Å². The van der Waals surface area contributed by atoms with Crippen molar-refractivity contribution in [2.24, 2.45) is 0 Å². The van der Waals surface area contributed by atoms with Crippen molar-refractivity contribution in [2.45, 2.75) is 20.4 Å². The van der Waals surface area contributed by atoms with Gasteiger partial charge in [0.25, 0.3) is 0 Å². The second-order valence-corrected chi connectivity index (χ2v) is 3.77. The quantitative estimate of drug-likeness (QED) is 0.803. The minimum Gasteiger partial charge on any atom is -0.309 e. The highest BCUT2D eigenvalue weighted by atomic mass is 35.5. The normalized spacial score (nSPS) is 11.8. The third kappa shape index (κ3) is 3.95. The van der Waals surface area contributed by atoms with E-state index in [1.54, 1.807) is 5.54 Å². The zero-order valence-electron chi connectivity index (χ0n) is 8.68. The topological polar surface area (TPSA) is 12.0 Å². The number of rotatable bonds is 4. The van der Waals surface area contributed by atoms with Gasteiger partial charge in [0.2, 0.25) is 0 Å². The molecule has 0 atom stereocenters. The van der Waals surface area contributed by atoms with E-state index >= 15 is 0 Å². The molecule has 0 aliphatic rings. The second kappa shape index (κ2) is 5.84. The Morgan fingerprint density at radius 1 is 1.50 bits per heavy atom. The minimum atomic E-state index is 0.845. The molecule has 1 aromatic rings. The fraction of sp³-hybridized carbons (Fsp3) is 0.333. The average Bonchev–Trinajstić information content (AvgIpc) is 2.17. The Hall–Kier alpha value is -0.790. The lowest BCUT2D eigenvalue weighted by Gasteiger charge is -2.05. The van der Waals surface area contributed by atoms with Gasteiger partial charge < -0.3 is 5.32 Å². The van der Waals surface area contributed by atoms with Crippen molar-refractivity contribution in [1.82, 2.24) is 5.32 Å². The molecule has 0 saturated heterocycles. The largest absolute Gasteiger partial charge is 0.309 e. The Kier molecular flexibility index (Phi) is 4.71. The van der Waals surface area contributed by atoms with Gasteiger partial charge in [0.15, 0.2) is 0 Å². The maximum absolute atomic E-state index is 5.56. The molecule has 0 saturated carbocycles. The van der Waals surface area contributed by atoms with E-state index in [9.17, 15) is 0 Å². The van der Waals surface area contributed by atoms with Crippen LogP contribution in [-0.2, 0) is 6.54 Å². The molecule has 0 fully saturated rings. The summed E-state index contributed by atoms with van der Waals surface area (Å²) in [7, 11) is 0. The van der Waals surface area contributed by atoms with Crippen molar-refractivity contribution in [1.29, 1.82) is 0 Å². The van der Waals surface area contributed by atoms with E-state index in [4.69, 9.17) is 11.6 Å². The van der Waals surface area contributed by atoms with E-state index in [1.165, 1.54) is 11.1 Å². The fourth-order valence-electron chi connectivity index (χ4n) is 1.26. The predicted octanol–water partition coefficient (Wildman–Crippen LogP) is 3.23. The molecule has 14 heavy (non-hydrogen) atoms. The lowest BCUT2D eigenvalue weighted by atomic mass is 10.1. The summed E-state index contributed by atoms with van der Waals surface area (Å²) in [6, 6.07) is 8.50. The molecule has 0 bridgehead atoms. The van der Waals surface area contributed by atoms with E-state index in [-0.39, 0.29) is 0 Å². The van der Waals surface area contributed by atoms with E-state index in [1.807, 2.05) is 6.92 Å². The van der Waals surface area contributed by atoms with Gasteiger partial charge in [-0.2, -0.15) is 0 Å². The SMILES string of the molecule is C/C(=C/Cl)CNCc1cccc(C)c1. The van der Waals surface area contributed by atoms with Crippen LogP contribution in [0.25, 0.3) is 0 Å². The van der Waals surface area contributed by atoms with Crippen molar-refractivity contribution in [3.63, 3.8) is 0 Å². The van der Waals surface area contributed by atoms with Crippen LogP contribution in [0.2, 0.25) is 0 Å². The fourth-order valence-corrected chi connectivity index (χ4v) is 1.34. The van der Waals surface area contributed by atoms with Crippen LogP contribution in [0.4, 0.5) is 0 Å². The second-order valence-electron chi connectivity index (χ2n) is 3.55. The molecule has 0 radical (unpaired) electrons. The molecular weight excluding hydrogens is 194 g/mol. The molecular formula is C12H16ClN. The highest BCUT2D eigenvalue weighted by Crippen LogP contribution is 2.03. The van der Waals surface area contributed by atoms with E-state index in [0.29, 0.717) is 0 Å². The van der Waals surface area contributed by atoms with E-state index < -0.39 is 0 Å². The Labute approximate surface area is 90.8 Å². The molecule has 1 nitrogen and oxygen atoms in total. The lowest BCUT2D eigenvalue weighted by Crippen LogP contribution is -2.15. The molecule has 1 aromatic carbocycles. The summed E-state index contributed by atoms with van der Waals surface area (Å²) in [4.78, 5) is 0. The zero-order chi connectivity index (χ0) is 10.4. The van der Waals surface area contributed by atoms with Crippen LogP contribution in [0.5, 0.6) is 0 Å². The third-order valence-corrected chi connectivity index (χ3v) is 2.37. The lowest BCUT2D eigenvalue weighted by molar-refractivity contribution is 0.740. The van der Waals surface area contributed by atoms with Gasteiger partial charge in [0, 0.05) is 18.6 Å². The van der Waals surface area contributed by atoms with Gasteiger partial charge in [0.1, 0.15) is 0 Å². The molecule has 0 aromatic heterocycles. The molecule has 0 aliphatic heterocycles. The maximum atomic E-state index is 5.56. The van der Waals surface area contributed by atoms with E-state index in [2.05, 4.69) is 36.5 Å².